The Morgan fingerprint density at radius 2 is 1.71 bits per heavy atom. The Morgan fingerprint density at radius 1 is 1.05 bits per heavy atom. The number of hydrogen-bond donors (Lipinski definition) is 2. The van der Waals surface area contributed by atoms with Gasteiger partial charge in [0.2, 0.25) is 0 Å². The fourth-order valence-corrected chi connectivity index (χ4v) is 3.96. The van der Waals surface area contributed by atoms with Crippen LogP contribution in [0.15, 0.2) is 44.1 Å². The van der Waals surface area contributed by atoms with E-state index in [1.165, 1.54) is 0 Å². The van der Waals surface area contributed by atoms with Crippen LogP contribution < -0.4 is 5.69 Å². The Labute approximate surface area is 143 Å². The van der Waals surface area contributed by atoms with Gasteiger partial charge in [0.05, 0.1) is 16.4 Å². The molecule has 0 saturated carbocycles. The fraction of sp³-hybridized carbons (Fsp3) is 0.133. The van der Waals surface area contributed by atoms with Crippen molar-refractivity contribution in [3.05, 3.63) is 66.5 Å². The lowest BCUT2D eigenvalue weighted by Crippen LogP contribution is -1.99. The van der Waals surface area contributed by atoms with Gasteiger partial charge in [0.15, 0.2) is 0 Å². The molecular formula is C15H11Br2ClN2O. The molecule has 1 unspecified atom stereocenters. The molecule has 0 radical (unpaired) electrons. The number of fused-ring (bicyclic) bond motifs is 1. The Bertz CT molecular complexity index is 885. The fourth-order valence-electron chi connectivity index (χ4n) is 2.36. The normalized spacial score (nSPS) is 12.8. The standard InChI is InChI=1S/C15H11Br2ClN2O/c1-7-4-8(16)2-3-9(7)14(18)10-5-12-13(6-11(10)17)20-15(21)19-12/h2-6,14H,1H3,(H2,19,20,21). The lowest BCUT2D eigenvalue weighted by Gasteiger charge is -2.15. The van der Waals surface area contributed by atoms with Gasteiger partial charge < -0.3 is 9.97 Å². The highest BCUT2D eigenvalue weighted by Crippen LogP contribution is 2.37. The van der Waals surface area contributed by atoms with E-state index in [0.717, 1.165) is 36.7 Å². The van der Waals surface area contributed by atoms with Crippen LogP contribution in [-0.4, -0.2) is 9.97 Å². The number of nitrogens with one attached hydrogen (secondary N) is 2. The number of aromatic nitrogens is 2. The number of rotatable bonds is 2. The van der Waals surface area contributed by atoms with Crippen molar-refractivity contribution in [3.8, 4) is 0 Å². The highest BCUT2D eigenvalue weighted by Gasteiger charge is 2.17. The second kappa shape index (κ2) is 5.63. The molecule has 0 amide bonds. The predicted octanol–water partition coefficient (Wildman–Crippen LogP) is 5.02. The average molecular weight is 431 g/mol. The minimum atomic E-state index is -0.296. The molecule has 108 valence electrons. The summed E-state index contributed by atoms with van der Waals surface area (Å²) in [6, 6.07) is 9.79. The van der Waals surface area contributed by atoms with Gasteiger partial charge >= 0.3 is 5.69 Å². The van der Waals surface area contributed by atoms with Crippen molar-refractivity contribution in [1.82, 2.24) is 9.97 Å². The van der Waals surface area contributed by atoms with E-state index in [1.54, 1.807) is 0 Å². The van der Waals surface area contributed by atoms with E-state index in [4.69, 9.17) is 11.6 Å². The Hall–Kier alpha value is -1.04. The van der Waals surface area contributed by atoms with Crippen molar-refractivity contribution in [1.29, 1.82) is 0 Å². The zero-order valence-corrected chi connectivity index (χ0v) is 14.9. The first-order valence-electron chi connectivity index (χ1n) is 6.27. The Morgan fingerprint density at radius 3 is 2.38 bits per heavy atom. The van der Waals surface area contributed by atoms with Crippen LogP contribution in [0.5, 0.6) is 0 Å². The van der Waals surface area contributed by atoms with Gasteiger partial charge in [0.25, 0.3) is 0 Å². The number of imidazole rings is 1. The van der Waals surface area contributed by atoms with Gasteiger partial charge in [-0.15, -0.1) is 11.6 Å². The minimum absolute atomic E-state index is 0.222. The van der Waals surface area contributed by atoms with E-state index in [1.807, 2.05) is 37.3 Å². The highest BCUT2D eigenvalue weighted by atomic mass is 79.9. The second-order valence-corrected chi connectivity index (χ2v) is 7.07. The molecule has 1 aromatic heterocycles. The van der Waals surface area contributed by atoms with Crippen LogP contribution in [-0.2, 0) is 0 Å². The zero-order chi connectivity index (χ0) is 15.1. The molecule has 1 heterocycles. The maximum atomic E-state index is 11.4. The van der Waals surface area contributed by atoms with Gasteiger partial charge in [-0.1, -0.05) is 37.9 Å². The van der Waals surface area contributed by atoms with Crippen LogP contribution in [0, 0.1) is 6.92 Å². The zero-order valence-electron chi connectivity index (χ0n) is 11.0. The number of benzene rings is 2. The largest absolute Gasteiger partial charge is 0.323 e. The number of aromatic amines is 2. The Balaban J connectivity index is 2.14. The summed E-state index contributed by atoms with van der Waals surface area (Å²) in [5, 5.41) is -0.296. The molecule has 0 saturated heterocycles. The first-order valence-corrected chi connectivity index (χ1v) is 8.29. The molecule has 0 bridgehead atoms. The molecule has 6 heteroatoms. The molecule has 21 heavy (non-hydrogen) atoms. The van der Waals surface area contributed by atoms with E-state index in [2.05, 4.69) is 41.8 Å². The average Bonchev–Trinajstić information content (AvgIpc) is 2.76. The van der Waals surface area contributed by atoms with Crippen LogP contribution in [0.25, 0.3) is 11.0 Å². The van der Waals surface area contributed by atoms with Crippen molar-refractivity contribution in [2.75, 3.05) is 0 Å². The van der Waals surface area contributed by atoms with E-state index in [0.29, 0.717) is 0 Å². The van der Waals surface area contributed by atoms with Crippen LogP contribution in [0.1, 0.15) is 22.1 Å². The van der Waals surface area contributed by atoms with E-state index < -0.39 is 0 Å². The van der Waals surface area contributed by atoms with Crippen LogP contribution in [0.2, 0.25) is 0 Å². The third-order valence-electron chi connectivity index (χ3n) is 3.41. The summed E-state index contributed by atoms with van der Waals surface area (Å²) in [6.07, 6.45) is 0. The van der Waals surface area contributed by atoms with Crippen LogP contribution in [0.4, 0.5) is 0 Å². The molecule has 3 rings (SSSR count). The summed E-state index contributed by atoms with van der Waals surface area (Å²) in [7, 11) is 0. The molecule has 0 aliphatic carbocycles. The summed E-state index contributed by atoms with van der Waals surface area (Å²) >= 11 is 13.6. The molecule has 2 N–H and O–H groups in total. The van der Waals surface area contributed by atoms with Crippen molar-refractivity contribution < 1.29 is 0 Å². The van der Waals surface area contributed by atoms with Gasteiger partial charge in [-0.2, -0.15) is 0 Å². The molecule has 0 fully saturated rings. The second-order valence-electron chi connectivity index (χ2n) is 4.86. The number of H-pyrrole nitrogens is 2. The smallest absolute Gasteiger partial charge is 0.306 e. The lowest BCUT2D eigenvalue weighted by molar-refractivity contribution is 1.10. The quantitative estimate of drug-likeness (QED) is 0.551. The van der Waals surface area contributed by atoms with Crippen LogP contribution in [0.3, 0.4) is 0 Å². The first-order chi connectivity index (χ1) is 9.95. The summed E-state index contributed by atoms with van der Waals surface area (Å²) in [4.78, 5) is 16.9. The maximum Gasteiger partial charge on any atom is 0.323 e. The molecule has 0 spiro atoms. The topological polar surface area (TPSA) is 48.6 Å². The maximum absolute atomic E-state index is 11.4. The molecular weight excluding hydrogens is 419 g/mol. The van der Waals surface area contributed by atoms with Gasteiger partial charge in [-0.05, 0) is 47.9 Å². The SMILES string of the molecule is Cc1cc(Br)ccc1C(Cl)c1cc2[nH]c(=O)[nH]c2cc1Br. The Kier molecular flexibility index (Phi) is 3.99. The summed E-state index contributed by atoms with van der Waals surface area (Å²) in [5.74, 6) is 0. The third kappa shape index (κ3) is 2.82. The predicted molar refractivity (Wildman–Crippen MR) is 93.2 cm³/mol. The van der Waals surface area contributed by atoms with E-state index in [9.17, 15) is 4.79 Å². The molecule has 0 aliphatic heterocycles. The molecule has 1 atom stereocenters. The highest BCUT2D eigenvalue weighted by molar-refractivity contribution is 9.10. The van der Waals surface area contributed by atoms with Crippen LogP contribution >= 0.6 is 43.5 Å². The summed E-state index contributed by atoms with van der Waals surface area (Å²) in [6.45, 7) is 2.03. The van der Waals surface area contributed by atoms with Gasteiger partial charge in [0, 0.05) is 8.95 Å². The molecule has 0 aliphatic rings. The van der Waals surface area contributed by atoms with Gasteiger partial charge in [-0.25, -0.2) is 4.79 Å². The summed E-state index contributed by atoms with van der Waals surface area (Å²) in [5.41, 5.74) is 4.35. The molecule has 2 aromatic carbocycles. The number of halogens is 3. The van der Waals surface area contributed by atoms with Gasteiger partial charge in [-0.3, -0.25) is 0 Å². The van der Waals surface area contributed by atoms with E-state index in [-0.39, 0.29) is 11.1 Å². The van der Waals surface area contributed by atoms with Crippen molar-refractivity contribution in [3.63, 3.8) is 0 Å². The lowest BCUT2D eigenvalue weighted by atomic mass is 10.00. The van der Waals surface area contributed by atoms with Gasteiger partial charge in [0.1, 0.15) is 0 Å². The van der Waals surface area contributed by atoms with Crippen molar-refractivity contribution >= 4 is 54.5 Å². The third-order valence-corrected chi connectivity index (χ3v) is 5.06. The number of aryl methyl sites for hydroxylation is 1. The first kappa shape index (κ1) is 14.9. The van der Waals surface area contributed by atoms with E-state index >= 15 is 0 Å². The molecule has 3 nitrogen and oxygen atoms in total. The monoisotopic (exact) mass is 428 g/mol. The summed E-state index contributed by atoms with van der Waals surface area (Å²) < 4.78 is 1.89. The van der Waals surface area contributed by atoms with Crippen molar-refractivity contribution in [2.45, 2.75) is 12.3 Å². The number of hydrogen-bond acceptors (Lipinski definition) is 1. The minimum Gasteiger partial charge on any atom is -0.306 e. The van der Waals surface area contributed by atoms with Crippen molar-refractivity contribution in [2.24, 2.45) is 0 Å². The number of alkyl halides is 1. The molecule has 3 aromatic rings.